The molecule has 0 saturated carbocycles. The van der Waals surface area contributed by atoms with Crippen molar-refractivity contribution in [2.24, 2.45) is 0 Å². The van der Waals surface area contributed by atoms with Gasteiger partial charge in [0.15, 0.2) is 21.5 Å². The highest BCUT2D eigenvalue weighted by atomic mass is 32.2. The van der Waals surface area contributed by atoms with Crippen LogP contribution in [0.15, 0.2) is 18.2 Å². The van der Waals surface area contributed by atoms with Gasteiger partial charge in [-0.25, -0.2) is 17.2 Å². The van der Waals surface area contributed by atoms with Gasteiger partial charge in [-0.15, -0.1) is 0 Å². The SMILES string of the molecule is C[C@@H](NC(=O)CN(C)[C@@H]1CCS(=O)(=O)C1)c1ccc(F)c(F)c1. The zero-order valence-electron chi connectivity index (χ0n) is 13.1. The second kappa shape index (κ2) is 6.92. The zero-order chi connectivity index (χ0) is 17.2. The molecule has 5 nitrogen and oxygen atoms in total. The number of carbonyl (C=O) groups is 1. The Bertz CT molecular complexity index is 694. The van der Waals surface area contributed by atoms with E-state index in [1.165, 1.54) is 6.07 Å². The highest BCUT2D eigenvalue weighted by molar-refractivity contribution is 7.91. The number of hydrogen-bond acceptors (Lipinski definition) is 4. The largest absolute Gasteiger partial charge is 0.348 e. The maximum absolute atomic E-state index is 13.2. The van der Waals surface area contributed by atoms with Crippen molar-refractivity contribution in [1.82, 2.24) is 10.2 Å². The van der Waals surface area contributed by atoms with E-state index in [1.807, 2.05) is 0 Å². The van der Waals surface area contributed by atoms with Crippen molar-refractivity contribution in [3.63, 3.8) is 0 Å². The molecule has 2 atom stereocenters. The molecular formula is C15H20F2N2O3S. The van der Waals surface area contributed by atoms with Crippen LogP contribution in [0.1, 0.15) is 24.9 Å². The van der Waals surface area contributed by atoms with Crippen LogP contribution in [0.5, 0.6) is 0 Å². The molecule has 2 rings (SSSR count). The minimum absolute atomic E-state index is 0.0498. The minimum atomic E-state index is -3.00. The lowest BCUT2D eigenvalue weighted by molar-refractivity contribution is -0.123. The van der Waals surface area contributed by atoms with E-state index in [0.29, 0.717) is 12.0 Å². The third-order valence-corrected chi connectivity index (χ3v) is 5.80. The van der Waals surface area contributed by atoms with Crippen LogP contribution in [0, 0.1) is 11.6 Å². The fourth-order valence-corrected chi connectivity index (χ4v) is 4.44. The Labute approximate surface area is 134 Å². The van der Waals surface area contributed by atoms with Crippen LogP contribution < -0.4 is 5.32 Å². The van der Waals surface area contributed by atoms with Crippen molar-refractivity contribution in [3.8, 4) is 0 Å². The van der Waals surface area contributed by atoms with Crippen molar-refractivity contribution in [1.29, 1.82) is 0 Å². The maximum atomic E-state index is 13.2. The van der Waals surface area contributed by atoms with Crippen LogP contribution in [0.3, 0.4) is 0 Å². The predicted octanol–water partition coefficient (Wildman–Crippen LogP) is 1.26. The summed E-state index contributed by atoms with van der Waals surface area (Å²) in [6.45, 7) is 1.72. The molecule has 1 aromatic carbocycles. The van der Waals surface area contributed by atoms with E-state index in [0.717, 1.165) is 12.1 Å². The van der Waals surface area contributed by atoms with Crippen molar-refractivity contribution < 1.29 is 22.0 Å². The number of amides is 1. The van der Waals surface area contributed by atoms with Gasteiger partial charge < -0.3 is 5.32 Å². The van der Waals surface area contributed by atoms with Gasteiger partial charge >= 0.3 is 0 Å². The van der Waals surface area contributed by atoms with E-state index in [-0.39, 0.29) is 30.0 Å². The summed E-state index contributed by atoms with van der Waals surface area (Å²) in [5, 5.41) is 2.70. The van der Waals surface area contributed by atoms with E-state index in [1.54, 1.807) is 18.9 Å². The second-order valence-corrected chi connectivity index (χ2v) is 8.16. The van der Waals surface area contributed by atoms with Gasteiger partial charge in [-0.05, 0) is 38.1 Å². The molecule has 0 spiro atoms. The molecule has 0 aromatic heterocycles. The maximum Gasteiger partial charge on any atom is 0.234 e. The summed E-state index contributed by atoms with van der Waals surface area (Å²) in [4.78, 5) is 13.7. The quantitative estimate of drug-likeness (QED) is 0.872. The Morgan fingerprint density at radius 2 is 2.09 bits per heavy atom. The van der Waals surface area contributed by atoms with Gasteiger partial charge in [-0.1, -0.05) is 6.07 Å². The lowest BCUT2D eigenvalue weighted by atomic mass is 10.1. The normalized spacial score (nSPS) is 21.3. The van der Waals surface area contributed by atoms with E-state index in [9.17, 15) is 22.0 Å². The lowest BCUT2D eigenvalue weighted by Gasteiger charge is -2.23. The highest BCUT2D eigenvalue weighted by Crippen LogP contribution is 2.17. The van der Waals surface area contributed by atoms with Crippen LogP contribution >= 0.6 is 0 Å². The Morgan fingerprint density at radius 3 is 2.65 bits per heavy atom. The average Bonchev–Trinajstić information content (AvgIpc) is 2.82. The van der Waals surface area contributed by atoms with Gasteiger partial charge in [0, 0.05) is 6.04 Å². The van der Waals surface area contributed by atoms with E-state index in [4.69, 9.17) is 0 Å². The first-order valence-corrected chi connectivity index (χ1v) is 9.15. The Morgan fingerprint density at radius 1 is 1.39 bits per heavy atom. The third kappa shape index (κ3) is 4.71. The Hall–Kier alpha value is -1.54. The van der Waals surface area contributed by atoms with Gasteiger partial charge in [-0.2, -0.15) is 0 Å². The molecule has 1 aromatic rings. The molecule has 1 amide bonds. The van der Waals surface area contributed by atoms with Gasteiger partial charge in [0.1, 0.15) is 0 Å². The van der Waals surface area contributed by atoms with Gasteiger partial charge in [-0.3, -0.25) is 9.69 Å². The van der Waals surface area contributed by atoms with Crippen molar-refractivity contribution in [3.05, 3.63) is 35.4 Å². The monoisotopic (exact) mass is 346 g/mol. The lowest BCUT2D eigenvalue weighted by Crippen LogP contribution is -2.41. The Balaban J connectivity index is 1.90. The Kier molecular flexibility index (Phi) is 5.36. The molecule has 128 valence electrons. The number of rotatable bonds is 5. The van der Waals surface area contributed by atoms with E-state index in [2.05, 4.69) is 5.32 Å². The summed E-state index contributed by atoms with van der Waals surface area (Å²) in [5.41, 5.74) is 0.461. The molecule has 1 aliphatic heterocycles. The number of hydrogen-bond donors (Lipinski definition) is 1. The standard InChI is InChI=1S/C15H20F2N2O3S/c1-10(11-3-4-13(16)14(17)7-11)18-15(20)8-19(2)12-5-6-23(21,22)9-12/h3-4,7,10,12H,5-6,8-9H2,1-2H3,(H,18,20)/t10-,12-/m1/s1. The molecule has 1 aliphatic rings. The van der Waals surface area contributed by atoms with Gasteiger partial charge in [0.05, 0.1) is 24.1 Å². The number of carbonyl (C=O) groups excluding carboxylic acids is 1. The number of nitrogens with one attached hydrogen (secondary N) is 1. The zero-order valence-corrected chi connectivity index (χ0v) is 13.9. The first kappa shape index (κ1) is 17.8. The number of halogens is 2. The highest BCUT2D eigenvalue weighted by Gasteiger charge is 2.31. The first-order chi connectivity index (χ1) is 10.7. The number of sulfone groups is 1. The van der Waals surface area contributed by atoms with Crippen molar-refractivity contribution >= 4 is 15.7 Å². The molecule has 8 heteroatoms. The minimum Gasteiger partial charge on any atom is -0.348 e. The topological polar surface area (TPSA) is 66.5 Å². The van der Waals surface area contributed by atoms with Crippen LogP contribution in [0.4, 0.5) is 8.78 Å². The number of benzene rings is 1. The summed E-state index contributed by atoms with van der Waals surface area (Å²) >= 11 is 0. The molecule has 1 fully saturated rings. The molecule has 0 aliphatic carbocycles. The molecule has 1 heterocycles. The summed E-state index contributed by atoms with van der Waals surface area (Å²) < 4.78 is 49.0. The van der Waals surface area contributed by atoms with Gasteiger partial charge in [0.2, 0.25) is 5.91 Å². The second-order valence-electron chi connectivity index (χ2n) is 5.93. The molecular weight excluding hydrogens is 326 g/mol. The van der Waals surface area contributed by atoms with Crippen molar-refractivity contribution in [2.75, 3.05) is 25.1 Å². The van der Waals surface area contributed by atoms with Crippen LogP contribution in [-0.4, -0.2) is 50.4 Å². The fourth-order valence-electron chi connectivity index (χ4n) is 2.63. The van der Waals surface area contributed by atoms with Crippen LogP contribution in [0.25, 0.3) is 0 Å². The summed E-state index contributed by atoms with van der Waals surface area (Å²) in [7, 11) is -1.30. The average molecular weight is 346 g/mol. The number of nitrogens with zero attached hydrogens (tertiary/aromatic N) is 1. The van der Waals surface area contributed by atoms with E-state index >= 15 is 0 Å². The summed E-state index contributed by atoms with van der Waals surface area (Å²) in [6.07, 6.45) is 0.519. The van der Waals surface area contributed by atoms with Crippen LogP contribution in [-0.2, 0) is 14.6 Å². The molecule has 0 bridgehead atoms. The smallest absolute Gasteiger partial charge is 0.234 e. The molecule has 1 saturated heterocycles. The summed E-state index contributed by atoms with van der Waals surface area (Å²) in [5.74, 6) is -1.98. The van der Waals surface area contributed by atoms with Crippen molar-refractivity contribution in [2.45, 2.75) is 25.4 Å². The van der Waals surface area contributed by atoms with Gasteiger partial charge in [0.25, 0.3) is 0 Å². The first-order valence-electron chi connectivity index (χ1n) is 7.33. The van der Waals surface area contributed by atoms with Crippen LogP contribution in [0.2, 0.25) is 0 Å². The fraction of sp³-hybridized carbons (Fsp3) is 0.533. The number of likely N-dealkylation sites (N-methyl/N-ethyl adjacent to an activating group) is 1. The third-order valence-electron chi connectivity index (χ3n) is 4.05. The molecule has 23 heavy (non-hydrogen) atoms. The molecule has 0 unspecified atom stereocenters. The molecule has 0 radical (unpaired) electrons. The van der Waals surface area contributed by atoms with E-state index < -0.39 is 27.5 Å². The summed E-state index contributed by atoms with van der Waals surface area (Å²) in [6, 6.07) is 2.84. The molecule has 1 N–H and O–H groups in total. The predicted molar refractivity (Wildman–Crippen MR) is 82.6 cm³/mol.